The van der Waals surface area contributed by atoms with Crippen molar-refractivity contribution in [3.8, 4) is 0 Å². The fourth-order valence-electron chi connectivity index (χ4n) is 3.54. The molecule has 0 unspecified atom stereocenters. The van der Waals surface area contributed by atoms with Gasteiger partial charge in [-0.2, -0.15) is 0 Å². The lowest BCUT2D eigenvalue weighted by Gasteiger charge is -2.31. The molecule has 1 aromatic heterocycles. The number of amides is 2. The van der Waals surface area contributed by atoms with Gasteiger partial charge in [-0.1, -0.05) is 36.6 Å². The molecule has 1 saturated carbocycles. The maximum absolute atomic E-state index is 12.8. The number of hydrogen-bond acceptors (Lipinski definition) is 5. The van der Waals surface area contributed by atoms with Gasteiger partial charge in [0.15, 0.2) is 5.76 Å². The lowest BCUT2D eigenvalue weighted by atomic mass is 9.94. The third kappa shape index (κ3) is 4.76. The second-order valence-electron chi connectivity index (χ2n) is 7.23. The smallest absolute Gasteiger partial charge is 0.256 e. The Kier molecular flexibility index (Phi) is 6.78. The molecule has 7 heteroatoms. The number of carbonyl (C=O) groups excluding carboxylic acids is 2. The number of aromatic nitrogens is 1. The van der Waals surface area contributed by atoms with Crippen molar-refractivity contribution in [1.82, 2.24) is 10.1 Å². The summed E-state index contributed by atoms with van der Waals surface area (Å²) in [5.74, 6) is 0.770. The van der Waals surface area contributed by atoms with Crippen molar-refractivity contribution in [2.24, 2.45) is 0 Å². The van der Waals surface area contributed by atoms with Gasteiger partial charge in [0.05, 0.1) is 11.3 Å². The number of benzene rings is 1. The average molecular weight is 402 g/mol. The van der Waals surface area contributed by atoms with Crippen LogP contribution in [0.3, 0.4) is 0 Å². The van der Waals surface area contributed by atoms with Crippen LogP contribution in [0.1, 0.15) is 53.9 Å². The molecule has 0 saturated heterocycles. The predicted octanol–water partition coefficient (Wildman–Crippen LogP) is 4.43. The van der Waals surface area contributed by atoms with Gasteiger partial charge >= 0.3 is 0 Å². The number of nitrogens with one attached hydrogen (secondary N) is 1. The summed E-state index contributed by atoms with van der Waals surface area (Å²) in [7, 11) is 1.90. The van der Waals surface area contributed by atoms with Crippen LogP contribution in [0.4, 0.5) is 5.69 Å². The maximum atomic E-state index is 12.8. The number of rotatable bonds is 6. The van der Waals surface area contributed by atoms with Crippen LogP contribution in [0.2, 0.25) is 0 Å². The molecule has 1 fully saturated rings. The molecule has 0 aliphatic heterocycles. The van der Waals surface area contributed by atoms with Crippen LogP contribution >= 0.6 is 11.8 Å². The van der Waals surface area contributed by atoms with Crippen molar-refractivity contribution in [3.63, 3.8) is 0 Å². The summed E-state index contributed by atoms with van der Waals surface area (Å²) in [6.07, 6.45) is 5.83. The van der Waals surface area contributed by atoms with Gasteiger partial charge in [0, 0.05) is 18.0 Å². The van der Waals surface area contributed by atoms with Crippen LogP contribution in [-0.2, 0) is 4.79 Å². The van der Waals surface area contributed by atoms with E-state index in [2.05, 4.69) is 10.5 Å². The van der Waals surface area contributed by atoms with Crippen LogP contribution in [0.15, 0.2) is 33.7 Å². The minimum atomic E-state index is -0.231. The van der Waals surface area contributed by atoms with Gasteiger partial charge in [-0.15, -0.1) is 11.8 Å². The van der Waals surface area contributed by atoms with Gasteiger partial charge in [0.25, 0.3) is 5.91 Å². The predicted molar refractivity (Wildman–Crippen MR) is 111 cm³/mol. The SMILES string of the molecule is Cc1noc(C)c1NC(=O)c1ccccc1SCC(=O)N(C)C1CCCCC1. The summed E-state index contributed by atoms with van der Waals surface area (Å²) in [6, 6.07) is 7.69. The summed E-state index contributed by atoms with van der Waals surface area (Å²) >= 11 is 1.41. The Morgan fingerprint density at radius 2 is 1.93 bits per heavy atom. The van der Waals surface area contributed by atoms with Crippen LogP contribution in [0, 0.1) is 13.8 Å². The van der Waals surface area contributed by atoms with Gasteiger partial charge in [-0.3, -0.25) is 9.59 Å². The van der Waals surface area contributed by atoms with Crippen molar-refractivity contribution in [1.29, 1.82) is 0 Å². The molecule has 1 heterocycles. The van der Waals surface area contributed by atoms with E-state index in [1.165, 1.54) is 31.0 Å². The lowest BCUT2D eigenvalue weighted by molar-refractivity contribution is -0.129. The molecular formula is C21H27N3O3S. The molecule has 0 spiro atoms. The van der Waals surface area contributed by atoms with E-state index >= 15 is 0 Å². The van der Waals surface area contributed by atoms with Crippen LogP contribution in [0.5, 0.6) is 0 Å². The zero-order valence-corrected chi connectivity index (χ0v) is 17.5. The molecule has 0 atom stereocenters. The summed E-state index contributed by atoms with van der Waals surface area (Å²) < 4.78 is 5.11. The van der Waals surface area contributed by atoms with Crippen molar-refractivity contribution in [3.05, 3.63) is 41.3 Å². The second-order valence-corrected chi connectivity index (χ2v) is 8.25. The molecule has 0 bridgehead atoms. The van der Waals surface area contributed by atoms with Crippen LogP contribution in [0.25, 0.3) is 0 Å². The first kappa shape index (κ1) is 20.5. The summed E-state index contributed by atoms with van der Waals surface area (Å²) in [5.41, 5.74) is 1.78. The Bertz CT molecular complexity index is 824. The van der Waals surface area contributed by atoms with E-state index in [1.807, 2.05) is 30.1 Å². The molecule has 2 aromatic rings. The summed E-state index contributed by atoms with van der Waals surface area (Å²) in [6.45, 7) is 3.54. The van der Waals surface area contributed by atoms with Gasteiger partial charge in [0.1, 0.15) is 11.4 Å². The van der Waals surface area contributed by atoms with E-state index in [-0.39, 0.29) is 11.8 Å². The highest BCUT2D eigenvalue weighted by Gasteiger charge is 2.23. The highest BCUT2D eigenvalue weighted by molar-refractivity contribution is 8.00. The van der Waals surface area contributed by atoms with E-state index in [0.717, 1.165) is 17.7 Å². The monoisotopic (exact) mass is 401 g/mol. The van der Waals surface area contributed by atoms with E-state index < -0.39 is 0 Å². The molecule has 6 nitrogen and oxygen atoms in total. The average Bonchev–Trinajstić information content (AvgIpc) is 3.04. The Morgan fingerprint density at radius 3 is 2.61 bits per heavy atom. The zero-order chi connectivity index (χ0) is 20.1. The molecule has 0 radical (unpaired) electrons. The topological polar surface area (TPSA) is 75.4 Å². The van der Waals surface area contributed by atoms with Crippen molar-refractivity contribution >= 4 is 29.3 Å². The number of nitrogens with zero attached hydrogens (tertiary/aromatic N) is 2. The molecule has 150 valence electrons. The normalized spacial score (nSPS) is 14.7. The number of anilines is 1. The van der Waals surface area contributed by atoms with Crippen LogP contribution in [-0.4, -0.2) is 40.7 Å². The molecule has 1 aliphatic rings. The Hall–Kier alpha value is -2.28. The van der Waals surface area contributed by atoms with Gasteiger partial charge in [0.2, 0.25) is 5.91 Å². The quantitative estimate of drug-likeness (QED) is 0.725. The van der Waals surface area contributed by atoms with Gasteiger partial charge < -0.3 is 14.7 Å². The molecule has 1 aliphatic carbocycles. The van der Waals surface area contributed by atoms with Crippen molar-refractivity contribution < 1.29 is 14.1 Å². The molecular weight excluding hydrogens is 374 g/mol. The molecule has 3 rings (SSSR count). The minimum absolute atomic E-state index is 0.109. The van der Waals surface area contributed by atoms with E-state index in [4.69, 9.17) is 4.52 Å². The largest absolute Gasteiger partial charge is 0.359 e. The van der Waals surface area contributed by atoms with Crippen molar-refractivity contribution in [2.45, 2.75) is 56.9 Å². The van der Waals surface area contributed by atoms with E-state index in [9.17, 15) is 9.59 Å². The highest BCUT2D eigenvalue weighted by atomic mass is 32.2. The van der Waals surface area contributed by atoms with E-state index in [1.54, 1.807) is 19.9 Å². The fourth-order valence-corrected chi connectivity index (χ4v) is 4.51. The summed E-state index contributed by atoms with van der Waals surface area (Å²) in [5, 5.41) is 6.74. The van der Waals surface area contributed by atoms with E-state index in [0.29, 0.717) is 34.5 Å². The van der Waals surface area contributed by atoms with Gasteiger partial charge in [-0.25, -0.2) is 0 Å². The number of aryl methyl sites for hydroxylation is 2. The van der Waals surface area contributed by atoms with Crippen LogP contribution < -0.4 is 5.32 Å². The molecule has 1 N–H and O–H groups in total. The highest BCUT2D eigenvalue weighted by Crippen LogP contribution is 2.27. The number of hydrogen-bond donors (Lipinski definition) is 1. The summed E-state index contributed by atoms with van der Waals surface area (Å²) in [4.78, 5) is 28.1. The first-order valence-electron chi connectivity index (χ1n) is 9.69. The number of carbonyl (C=O) groups is 2. The first-order valence-corrected chi connectivity index (χ1v) is 10.7. The standard InChI is InChI=1S/C21H27N3O3S/c1-14-20(15(2)27-23-14)22-21(26)17-11-7-8-12-18(17)28-13-19(25)24(3)16-9-5-4-6-10-16/h7-8,11-12,16H,4-6,9-10,13H2,1-3H3,(H,22,26). The molecule has 1 aromatic carbocycles. The van der Waals surface area contributed by atoms with Gasteiger partial charge in [-0.05, 0) is 38.8 Å². The Balaban J connectivity index is 1.65. The molecule has 28 heavy (non-hydrogen) atoms. The zero-order valence-electron chi connectivity index (χ0n) is 16.7. The number of thioether (sulfide) groups is 1. The third-order valence-corrected chi connectivity index (χ3v) is 6.33. The Labute approximate surface area is 170 Å². The minimum Gasteiger partial charge on any atom is -0.359 e. The lowest BCUT2D eigenvalue weighted by Crippen LogP contribution is -2.39. The molecule has 2 amide bonds. The fraction of sp³-hybridized carbons (Fsp3) is 0.476. The Morgan fingerprint density at radius 1 is 1.21 bits per heavy atom. The third-order valence-electron chi connectivity index (χ3n) is 5.27. The first-order chi connectivity index (χ1) is 13.5. The maximum Gasteiger partial charge on any atom is 0.256 e. The van der Waals surface area contributed by atoms with Crippen molar-refractivity contribution in [2.75, 3.05) is 18.1 Å². The second kappa shape index (κ2) is 9.28.